The van der Waals surface area contributed by atoms with Crippen LogP contribution in [0.25, 0.3) is 0 Å². The number of carbonyl (C=O) groups excluding carboxylic acids is 1. The lowest BCUT2D eigenvalue weighted by atomic mass is 9.92. The summed E-state index contributed by atoms with van der Waals surface area (Å²) in [6.45, 7) is 1.93. The van der Waals surface area contributed by atoms with Gasteiger partial charge in [0, 0.05) is 42.5 Å². The summed E-state index contributed by atoms with van der Waals surface area (Å²) in [7, 11) is 0. The molecule has 7 heteroatoms. The van der Waals surface area contributed by atoms with Gasteiger partial charge in [-0.25, -0.2) is 0 Å². The van der Waals surface area contributed by atoms with Crippen LogP contribution in [0, 0.1) is 11.3 Å². The van der Waals surface area contributed by atoms with Crippen molar-refractivity contribution in [1.29, 1.82) is 5.26 Å². The first-order chi connectivity index (χ1) is 15.5. The maximum atomic E-state index is 12.7. The van der Waals surface area contributed by atoms with Crippen molar-refractivity contribution in [2.24, 2.45) is 5.73 Å². The zero-order valence-electron chi connectivity index (χ0n) is 18.1. The molecule has 4 rings (SSSR count). The van der Waals surface area contributed by atoms with Crippen LogP contribution in [0.2, 0.25) is 5.02 Å². The second-order valence-electron chi connectivity index (χ2n) is 8.69. The van der Waals surface area contributed by atoms with Crippen molar-refractivity contribution in [2.45, 2.75) is 56.7 Å². The fourth-order valence-corrected chi connectivity index (χ4v) is 4.64. The average molecular weight is 453 g/mol. The van der Waals surface area contributed by atoms with E-state index in [0.717, 1.165) is 57.3 Å². The summed E-state index contributed by atoms with van der Waals surface area (Å²) in [5, 5.41) is 12.6. The van der Waals surface area contributed by atoms with E-state index >= 15 is 0 Å². The number of rotatable bonds is 5. The van der Waals surface area contributed by atoms with Crippen molar-refractivity contribution < 1.29 is 9.53 Å². The molecular formula is C25H29ClN4O2. The third kappa shape index (κ3) is 5.53. The summed E-state index contributed by atoms with van der Waals surface area (Å²) in [4.78, 5) is 15.0. The molecular weight excluding hydrogens is 424 g/mol. The number of carbonyl (C=O) groups is 1. The number of nitrogens with two attached hydrogens (primary N) is 1. The molecule has 6 nitrogen and oxygen atoms in total. The van der Waals surface area contributed by atoms with Gasteiger partial charge in [-0.1, -0.05) is 11.6 Å². The molecule has 0 unspecified atom stereocenters. The van der Waals surface area contributed by atoms with E-state index in [1.807, 2.05) is 24.3 Å². The fraction of sp³-hybridized carbons (Fsp3) is 0.440. The molecule has 2 aromatic carbocycles. The number of hydrogen-bond donors (Lipinski definition) is 2. The smallest absolute Gasteiger partial charge is 0.251 e. The quantitative estimate of drug-likeness (QED) is 0.707. The van der Waals surface area contributed by atoms with Crippen LogP contribution >= 0.6 is 11.6 Å². The zero-order chi connectivity index (χ0) is 22.5. The molecule has 0 aromatic heterocycles. The number of hydrogen-bond acceptors (Lipinski definition) is 5. The Balaban J connectivity index is 1.24. The minimum Gasteiger partial charge on any atom is -0.490 e. The standard InChI is InChI=1S/C25H29ClN4O2/c26-24-15-23(8-3-18(24)16-27)32-22-9-4-20(5-10-22)29-25(31)17-1-6-21(7-2-17)30-13-11-19(28)12-14-30/h1-3,6-8,15,19-20,22H,4-5,9-14,28H2,(H,29,31)/t20-,22-. The molecule has 2 aliphatic rings. The molecule has 2 fully saturated rings. The molecule has 1 aliphatic carbocycles. The first kappa shape index (κ1) is 22.4. The highest BCUT2D eigenvalue weighted by Crippen LogP contribution is 2.27. The topological polar surface area (TPSA) is 91.4 Å². The number of ether oxygens (including phenoxy) is 1. The van der Waals surface area contributed by atoms with E-state index in [-0.39, 0.29) is 18.1 Å². The lowest BCUT2D eigenvalue weighted by molar-refractivity contribution is 0.0894. The van der Waals surface area contributed by atoms with E-state index in [2.05, 4.69) is 16.3 Å². The van der Waals surface area contributed by atoms with Crippen molar-refractivity contribution >= 4 is 23.2 Å². The van der Waals surface area contributed by atoms with Crippen LogP contribution in [-0.4, -0.2) is 37.2 Å². The molecule has 0 bridgehead atoms. The molecule has 1 saturated heterocycles. The van der Waals surface area contributed by atoms with Gasteiger partial charge in [-0.05, 0) is 74.9 Å². The molecule has 1 saturated carbocycles. The number of nitriles is 1. The van der Waals surface area contributed by atoms with Crippen LogP contribution in [-0.2, 0) is 0 Å². The van der Waals surface area contributed by atoms with Crippen molar-refractivity contribution in [3.63, 3.8) is 0 Å². The van der Waals surface area contributed by atoms with Gasteiger partial charge in [0.25, 0.3) is 5.91 Å². The van der Waals surface area contributed by atoms with Gasteiger partial charge in [-0.3, -0.25) is 4.79 Å². The van der Waals surface area contributed by atoms with E-state index < -0.39 is 0 Å². The number of anilines is 1. The molecule has 0 spiro atoms. The predicted molar refractivity (Wildman–Crippen MR) is 126 cm³/mol. The van der Waals surface area contributed by atoms with Gasteiger partial charge in [0.05, 0.1) is 16.7 Å². The van der Waals surface area contributed by atoms with Gasteiger partial charge >= 0.3 is 0 Å². The third-order valence-electron chi connectivity index (χ3n) is 6.41. The van der Waals surface area contributed by atoms with Gasteiger partial charge < -0.3 is 20.7 Å². The average Bonchev–Trinajstić information content (AvgIpc) is 2.81. The van der Waals surface area contributed by atoms with Gasteiger partial charge in [-0.15, -0.1) is 0 Å². The van der Waals surface area contributed by atoms with Gasteiger partial charge in [0.1, 0.15) is 11.8 Å². The molecule has 0 atom stereocenters. The first-order valence-corrected chi connectivity index (χ1v) is 11.7. The number of amides is 1. The molecule has 2 aromatic rings. The highest BCUT2D eigenvalue weighted by molar-refractivity contribution is 6.31. The monoisotopic (exact) mass is 452 g/mol. The largest absolute Gasteiger partial charge is 0.490 e. The lowest BCUT2D eigenvalue weighted by Crippen LogP contribution is -2.40. The summed E-state index contributed by atoms with van der Waals surface area (Å²) >= 11 is 6.09. The van der Waals surface area contributed by atoms with Gasteiger partial charge in [0.2, 0.25) is 0 Å². The Hall–Kier alpha value is -2.75. The Morgan fingerprint density at radius 1 is 1.06 bits per heavy atom. The van der Waals surface area contributed by atoms with Crippen molar-refractivity contribution in [3.8, 4) is 11.8 Å². The Kier molecular flexibility index (Phi) is 7.19. The van der Waals surface area contributed by atoms with E-state index in [1.165, 1.54) is 0 Å². The molecule has 1 amide bonds. The van der Waals surface area contributed by atoms with E-state index in [1.54, 1.807) is 18.2 Å². The highest BCUT2D eigenvalue weighted by Gasteiger charge is 2.24. The number of nitrogens with one attached hydrogen (secondary N) is 1. The maximum absolute atomic E-state index is 12.7. The van der Waals surface area contributed by atoms with Gasteiger partial charge in [0.15, 0.2) is 0 Å². The highest BCUT2D eigenvalue weighted by atomic mass is 35.5. The summed E-state index contributed by atoms with van der Waals surface area (Å²) in [5.74, 6) is 0.651. The maximum Gasteiger partial charge on any atom is 0.251 e. The van der Waals surface area contributed by atoms with Crippen LogP contribution in [0.3, 0.4) is 0 Å². The van der Waals surface area contributed by atoms with Crippen molar-refractivity contribution in [1.82, 2.24) is 5.32 Å². The Morgan fingerprint density at radius 3 is 2.38 bits per heavy atom. The zero-order valence-corrected chi connectivity index (χ0v) is 18.9. The Labute approximate surface area is 194 Å². The summed E-state index contributed by atoms with van der Waals surface area (Å²) in [5.41, 5.74) is 8.27. The molecule has 0 radical (unpaired) electrons. The number of benzene rings is 2. The van der Waals surface area contributed by atoms with Gasteiger partial charge in [-0.2, -0.15) is 5.26 Å². The number of piperidine rings is 1. The normalized spacial score (nSPS) is 21.6. The molecule has 32 heavy (non-hydrogen) atoms. The van der Waals surface area contributed by atoms with E-state index in [9.17, 15) is 4.79 Å². The predicted octanol–water partition coefficient (Wildman–Crippen LogP) is 4.26. The van der Waals surface area contributed by atoms with Crippen molar-refractivity contribution in [2.75, 3.05) is 18.0 Å². The van der Waals surface area contributed by atoms with E-state index in [0.29, 0.717) is 27.9 Å². The number of nitrogens with zero attached hydrogens (tertiary/aromatic N) is 2. The Morgan fingerprint density at radius 2 is 1.75 bits per heavy atom. The SMILES string of the molecule is N#Cc1ccc(O[C@H]2CC[C@H](NC(=O)c3ccc(N4CCC(N)CC4)cc3)CC2)cc1Cl. The first-order valence-electron chi connectivity index (χ1n) is 11.3. The Bertz CT molecular complexity index is 972. The second kappa shape index (κ2) is 10.2. The molecule has 1 heterocycles. The molecule has 168 valence electrons. The molecule has 1 aliphatic heterocycles. The minimum absolute atomic E-state index is 0.0274. The van der Waals surface area contributed by atoms with Crippen LogP contribution in [0.1, 0.15) is 54.4 Å². The summed E-state index contributed by atoms with van der Waals surface area (Å²) < 4.78 is 6.03. The van der Waals surface area contributed by atoms with Crippen LogP contribution in [0.4, 0.5) is 5.69 Å². The summed E-state index contributed by atoms with van der Waals surface area (Å²) in [6.07, 6.45) is 5.56. The fourth-order valence-electron chi connectivity index (χ4n) is 4.43. The molecule has 3 N–H and O–H groups in total. The summed E-state index contributed by atoms with van der Waals surface area (Å²) in [6, 6.07) is 15.5. The minimum atomic E-state index is -0.0274. The number of halogens is 1. The van der Waals surface area contributed by atoms with E-state index in [4.69, 9.17) is 27.3 Å². The lowest BCUT2D eigenvalue weighted by Gasteiger charge is -2.32. The van der Waals surface area contributed by atoms with Crippen molar-refractivity contribution in [3.05, 3.63) is 58.6 Å². The third-order valence-corrected chi connectivity index (χ3v) is 6.72. The van der Waals surface area contributed by atoms with Crippen LogP contribution in [0.15, 0.2) is 42.5 Å². The van der Waals surface area contributed by atoms with Crippen LogP contribution in [0.5, 0.6) is 5.75 Å². The second-order valence-corrected chi connectivity index (χ2v) is 9.10. The van der Waals surface area contributed by atoms with Crippen LogP contribution < -0.4 is 20.7 Å².